The van der Waals surface area contributed by atoms with E-state index in [0.717, 1.165) is 33.4 Å². The highest BCUT2D eigenvalue weighted by atomic mass is 16.5. The molecule has 0 radical (unpaired) electrons. The Morgan fingerprint density at radius 3 is 2.50 bits per heavy atom. The molecule has 0 saturated heterocycles. The number of aliphatic hydroxyl groups is 1. The number of rotatable bonds is 7. The number of benzene rings is 1. The second-order valence-corrected chi connectivity index (χ2v) is 8.12. The van der Waals surface area contributed by atoms with Gasteiger partial charge in [0.2, 0.25) is 0 Å². The van der Waals surface area contributed by atoms with E-state index in [-0.39, 0.29) is 23.9 Å². The third-order valence-electron chi connectivity index (χ3n) is 5.64. The highest BCUT2D eigenvalue weighted by Crippen LogP contribution is 2.32. The molecule has 3 heterocycles. The SMILES string of the molecule is COC(=O)Cc1ccc(-c2cn(Cc3ccccn3)c3cc(/C(C(C)=N)=C(\C)O)cnc23)cc1. The molecule has 0 amide bonds. The summed E-state index contributed by atoms with van der Waals surface area (Å²) < 4.78 is 6.83. The zero-order chi connectivity index (χ0) is 24.2. The van der Waals surface area contributed by atoms with Crippen LogP contribution in [0.1, 0.15) is 30.7 Å². The molecule has 0 fully saturated rings. The number of carbonyl (C=O) groups is 1. The average molecular weight is 455 g/mol. The van der Waals surface area contributed by atoms with Gasteiger partial charge in [0.1, 0.15) is 0 Å². The van der Waals surface area contributed by atoms with Crippen molar-refractivity contribution in [2.45, 2.75) is 26.8 Å². The predicted octanol–water partition coefficient (Wildman–Crippen LogP) is 5.19. The van der Waals surface area contributed by atoms with Crippen molar-refractivity contribution >= 4 is 28.3 Å². The first kappa shape index (κ1) is 22.9. The molecule has 7 nitrogen and oxygen atoms in total. The number of nitrogens with zero attached hydrogens (tertiary/aromatic N) is 3. The standard InChI is InChI=1S/C27H26N4O3/c1-17(28)26(18(2)32)21-13-24-27(30-14-21)23(16-31(24)15-22-6-4-5-11-29-22)20-9-7-19(8-10-20)12-25(33)34-3/h4-11,13-14,16,28,32H,12,15H2,1-3H3/b26-18+,28-17?. The molecule has 0 aliphatic rings. The van der Waals surface area contributed by atoms with Gasteiger partial charge in [-0.1, -0.05) is 30.3 Å². The number of nitrogens with one attached hydrogen (secondary N) is 1. The molecule has 0 bridgehead atoms. The van der Waals surface area contributed by atoms with Crippen molar-refractivity contribution in [2.75, 3.05) is 7.11 Å². The smallest absolute Gasteiger partial charge is 0.309 e. The van der Waals surface area contributed by atoms with Crippen molar-refractivity contribution in [3.63, 3.8) is 0 Å². The number of esters is 1. The molecular formula is C27H26N4O3. The largest absolute Gasteiger partial charge is 0.512 e. The van der Waals surface area contributed by atoms with E-state index in [1.54, 1.807) is 26.2 Å². The molecule has 0 aliphatic carbocycles. The highest BCUT2D eigenvalue weighted by molar-refractivity contribution is 6.22. The van der Waals surface area contributed by atoms with Crippen LogP contribution in [0.3, 0.4) is 0 Å². The maximum Gasteiger partial charge on any atom is 0.309 e. The van der Waals surface area contributed by atoms with E-state index in [9.17, 15) is 9.90 Å². The summed E-state index contributed by atoms with van der Waals surface area (Å²) in [5, 5.41) is 18.3. The third kappa shape index (κ3) is 4.73. The highest BCUT2D eigenvalue weighted by Gasteiger charge is 2.16. The Hall–Kier alpha value is -4.26. The quantitative estimate of drug-likeness (QED) is 0.227. The fourth-order valence-corrected chi connectivity index (χ4v) is 4.05. The lowest BCUT2D eigenvalue weighted by molar-refractivity contribution is -0.139. The lowest BCUT2D eigenvalue weighted by atomic mass is 10.0. The number of fused-ring (bicyclic) bond motifs is 1. The number of methoxy groups -OCH3 is 1. The molecular weight excluding hydrogens is 428 g/mol. The molecule has 4 aromatic rings. The van der Waals surface area contributed by atoms with Crippen molar-refractivity contribution in [3.05, 3.63) is 89.7 Å². The van der Waals surface area contributed by atoms with Gasteiger partial charge in [-0.15, -0.1) is 0 Å². The summed E-state index contributed by atoms with van der Waals surface area (Å²) in [5.41, 5.74) is 6.78. The Balaban J connectivity index is 1.83. The van der Waals surface area contributed by atoms with Crippen LogP contribution in [0, 0.1) is 5.41 Å². The van der Waals surface area contributed by atoms with Crippen LogP contribution in [0.25, 0.3) is 27.7 Å². The first-order chi connectivity index (χ1) is 16.4. The van der Waals surface area contributed by atoms with E-state index in [2.05, 4.69) is 9.55 Å². The number of ether oxygens (including phenoxy) is 1. The summed E-state index contributed by atoms with van der Waals surface area (Å²) in [6, 6.07) is 15.5. The van der Waals surface area contributed by atoms with Gasteiger partial charge in [-0.2, -0.15) is 0 Å². The van der Waals surface area contributed by atoms with Crippen LogP contribution in [0.4, 0.5) is 0 Å². The van der Waals surface area contributed by atoms with Gasteiger partial charge in [-0.05, 0) is 43.2 Å². The number of allylic oxidation sites excluding steroid dienone is 2. The number of aromatic nitrogens is 3. The molecule has 0 atom stereocenters. The summed E-state index contributed by atoms with van der Waals surface area (Å²) in [6.07, 6.45) is 5.71. The molecule has 0 spiro atoms. The fraction of sp³-hybridized carbons (Fsp3) is 0.185. The van der Waals surface area contributed by atoms with E-state index in [1.807, 2.05) is 54.7 Å². The van der Waals surface area contributed by atoms with E-state index in [0.29, 0.717) is 17.7 Å². The van der Waals surface area contributed by atoms with E-state index in [1.165, 1.54) is 7.11 Å². The van der Waals surface area contributed by atoms with Gasteiger partial charge in [0, 0.05) is 41.0 Å². The van der Waals surface area contributed by atoms with Crippen molar-refractivity contribution in [3.8, 4) is 11.1 Å². The molecule has 7 heteroatoms. The Bertz CT molecular complexity index is 1380. The minimum absolute atomic E-state index is 0.0814. The third-order valence-corrected chi connectivity index (χ3v) is 5.64. The first-order valence-electron chi connectivity index (χ1n) is 10.9. The van der Waals surface area contributed by atoms with Crippen molar-refractivity contribution in [1.82, 2.24) is 14.5 Å². The number of hydrogen-bond acceptors (Lipinski definition) is 6. The second kappa shape index (κ2) is 9.70. The van der Waals surface area contributed by atoms with Gasteiger partial charge < -0.3 is 19.8 Å². The van der Waals surface area contributed by atoms with Crippen LogP contribution in [-0.2, 0) is 22.5 Å². The molecule has 172 valence electrons. The minimum atomic E-state index is -0.279. The Kier molecular flexibility index (Phi) is 6.54. The Morgan fingerprint density at radius 1 is 1.12 bits per heavy atom. The number of hydrogen-bond donors (Lipinski definition) is 2. The van der Waals surface area contributed by atoms with Gasteiger partial charge in [-0.25, -0.2) is 0 Å². The van der Waals surface area contributed by atoms with Crippen molar-refractivity contribution in [2.24, 2.45) is 0 Å². The van der Waals surface area contributed by atoms with Crippen LogP contribution in [-0.4, -0.2) is 38.4 Å². The van der Waals surface area contributed by atoms with Crippen LogP contribution >= 0.6 is 0 Å². The maximum absolute atomic E-state index is 11.6. The van der Waals surface area contributed by atoms with Gasteiger partial charge in [0.05, 0.1) is 42.6 Å². The van der Waals surface area contributed by atoms with Crippen LogP contribution in [0.15, 0.2) is 72.9 Å². The van der Waals surface area contributed by atoms with E-state index < -0.39 is 0 Å². The molecule has 0 unspecified atom stereocenters. The normalized spacial score (nSPS) is 11.9. The van der Waals surface area contributed by atoms with Crippen molar-refractivity contribution in [1.29, 1.82) is 5.41 Å². The molecule has 0 aliphatic heterocycles. The van der Waals surface area contributed by atoms with Gasteiger partial charge in [0.15, 0.2) is 0 Å². The van der Waals surface area contributed by atoms with Gasteiger partial charge in [0.25, 0.3) is 0 Å². The number of pyridine rings is 2. The van der Waals surface area contributed by atoms with Crippen molar-refractivity contribution < 1.29 is 14.6 Å². The lowest BCUT2D eigenvalue weighted by Gasteiger charge is -2.09. The fourth-order valence-electron chi connectivity index (χ4n) is 4.05. The van der Waals surface area contributed by atoms with Crippen LogP contribution < -0.4 is 0 Å². The molecule has 0 saturated carbocycles. The predicted molar refractivity (Wildman–Crippen MR) is 133 cm³/mol. The average Bonchev–Trinajstić information content (AvgIpc) is 3.17. The summed E-state index contributed by atoms with van der Waals surface area (Å²) >= 11 is 0. The monoisotopic (exact) mass is 454 g/mol. The molecule has 2 N–H and O–H groups in total. The molecule has 4 rings (SSSR count). The second-order valence-electron chi connectivity index (χ2n) is 8.12. The van der Waals surface area contributed by atoms with E-state index >= 15 is 0 Å². The summed E-state index contributed by atoms with van der Waals surface area (Å²) in [5.74, 6) is -0.198. The Morgan fingerprint density at radius 2 is 1.88 bits per heavy atom. The zero-order valence-corrected chi connectivity index (χ0v) is 19.4. The molecule has 1 aromatic carbocycles. The van der Waals surface area contributed by atoms with Crippen LogP contribution in [0.5, 0.6) is 0 Å². The van der Waals surface area contributed by atoms with Gasteiger partial charge in [-0.3, -0.25) is 14.8 Å². The topological polar surface area (TPSA) is 101 Å². The van der Waals surface area contributed by atoms with Crippen LogP contribution in [0.2, 0.25) is 0 Å². The minimum Gasteiger partial charge on any atom is -0.512 e. The number of carbonyl (C=O) groups excluding carboxylic acids is 1. The maximum atomic E-state index is 11.6. The summed E-state index contributed by atoms with van der Waals surface area (Å²) in [7, 11) is 1.38. The molecule has 3 aromatic heterocycles. The Labute approximate surface area is 197 Å². The molecule has 34 heavy (non-hydrogen) atoms. The van der Waals surface area contributed by atoms with E-state index in [4.69, 9.17) is 15.1 Å². The van der Waals surface area contributed by atoms with Gasteiger partial charge >= 0.3 is 5.97 Å². The number of aliphatic hydroxyl groups excluding tert-OH is 1. The summed E-state index contributed by atoms with van der Waals surface area (Å²) in [6.45, 7) is 3.77. The first-order valence-corrected chi connectivity index (χ1v) is 10.9. The zero-order valence-electron chi connectivity index (χ0n) is 19.4. The lowest BCUT2D eigenvalue weighted by Crippen LogP contribution is -2.04. The summed E-state index contributed by atoms with van der Waals surface area (Å²) in [4.78, 5) is 20.8.